The van der Waals surface area contributed by atoms with E-state index in [0.29, 0.717) is 5.92 Å². The highest BCUT2D eigenvalue weighted by atomic mass is 14.3. The first-order valence-corrected chi connectivity index (χ1v) is 6.82. The van der Waals surface area contributed by atoms with E-state index < -0.39 is 0 Å². The Morgan fingerprint density at radius 3 is 1.94 bits per heavy atom. The summed E-state index contributed by atoms with van der Waals surface area (Å²) < 4.78 is 0. The Morgan fingerprint density at radius 1 is 0.778 bits per heavy atom. The van der Waals surface area contributed by atoms with Crippen LogP contribution in [-0.2, 0) is 0 Å². The molecule has 2 aromatic rings. The highest BCUT2D eigenvalue weighted by Gasteiger charge is 2.30. The van der Waals surface area contributed by atoms with Gasteiger partial charge in [-0.15, -0.1) is 0 Å². The van der Waals surface area contributed by atoms with Gasteiger partial charge in [-0.3, -0.25) is 0 Å². The Bertz CT molecular complexity index is 588. The molecule has 0 saturated heterocycles. The Balaban J connectivity index is 1.98. The number of rotatable bonds is 1. The van der Waals surface area contributed by atoms with Gasteiger partial charge in [0.15, 0.2) is 0 Å². The summed E-state index contributed by atoms with van der Waals surface area (Å²) in [6.07, 6.45) is 6.32. The zero-order valence-electron chi connectivity index (χ0n) is 10.4. The minimum Gasteiger partial charge on any atom is -0.0844 e. The molecular weight excluding hydrogens is 216 g/mol. The van der Waals surface area contributed by atoms with Gasteiger partial charge in [0.05, 0.1) is 0 Å². The van der Waals surface area contributed by atoms with Crippen molar-refractivity contribution in [2.45, 2.75) is 25.2 Å². The summed E-state index contributed by atoms with van der Waals surface area (Å²) >= 11 is 0. The molecule has 0 spiro atoms. The average Bonchev–Trinajstić information content (AvgIpc) is 3.03. The molecule has 0 amide bonds. The summed E-state index contributed by atoms with van der Waals surface area (Å²) in [5, 5.41) is 0. The third kappa shape index (κ3) is 1.32. The lowest BCUT2D eigenvalue weighted by molar-refractivity contribution is 0.850. The Kier molecular flexibility index (Phi) is 2.16. The minimum absolute atomic E-state index is 0.528. The Hall–Kier alpha value is -1.82. The van der Waals surface area contributed by atoms with E-state index in [1.165, 1.54) is 41.5 Å². The van der Waals surface area contributed by atoms with Crippen molar-refractivity contribution < 1.29 is 0 Å². The van der Waals surface area contributed by atoms with E-state index in [1.807, 2.05) is 0 Å². The second kappa shape index (κ2) is 3.84. The van der Waals surface area contributed by atoms with Crippen molar-refractivity contribution in [3.63, 3.8) is 0 Å². The van der Waals surface area contributed by atoms with E-state index in [0.717, 1.165) is 0 Å². The molecule has 0 bridgehead atoms. The summed E-state index contributed by atoms with van der Waals surface area (Å²) in [7, 11) is 0. The van der Waals surface area contributed by atoms with Crippen LogP contribution in [0, 0.1) is 0 Å². The lowest BCUT2D eigenvalue weighted by Crippen LogP contribution is -1.98. The topological polar surface area (TPSA) is 0 Å². The Labute approximate surface area is 108 Å². The van der Waals surface area contributed by atoms with Crippen LogP contribution in [0.3, 0.4) is 0 Å². The molecule has 0 fully saturated rings. The van der Waals surface area contributed by atoms with Crippen LogP contribution in [0.4, 0.5) is 0 Å². The van der Waals surface area contributed by atoms with Crippen LogP contribution in [0.2, 0.25) is 0 Å². The molecule has 88 valence electrons. The molecule has 18 heavy (non-hydrogen) atoms. The smallest absolute Gasteiger partial charge is 0.0311 e. The molecule has 0 unspecified atom stereocenters. The SMILES string of the molecule is C1=C(C2c3ccccc3-c3ccccc32)CCC1. The molecule has 2 aromatic carbocycles. The van der Waals surface area contributed by atoms with Gasteiger partial charge in [0.25, 0.3) is 0 Å². The van der Waals surface area contributed by atoms with E-state index in [2.05, 4.69) is 54.6 Å². The van der Waals surface area contributed by atoms with Crippen LogP contribution >= 0.6 is 0 Å². The van der Waals surface area contributed by atoms with Crippen molar-refractivity contribution in [3.8, 4) is 11.1 Å². The fourth-order valence-corrected chi connectivity index (χ4v) is 3.51. The van der Waals surface area contributed by atoms with Gasteiger partial charge in [0, 0.05) is 5.92 Å². The van der Waals surface area contributed by atoms with Crippen LogP contribution in [0.5, 0.6) is 0 Å². The maximum absolute atomic E-state index is 2.46. The quantitative estimate of drug-likeness (QED) is 0.613. The molecule has 0 aliphatic heterocycles. The molecule has 0 aromatic heterocycles. The van der Waals surface area contributed by atoms with Crippen LogP contribution in [0.25, 0.3) is 11.1 Å². The van der Waals surface area contributed by atoms with Crippen molar-refractivity contribution in [1.82, 2.24) is 0 Å². The molecule has 2 aliphatic carbocycles. The summed E-state index contributed by atoms with van der Waals surface area (Å²) in [5.41, 5.74) is 7.52. The van der Waals surface area contributed by atoms with Gasteiger partial charge in [-0.25, -0.2) is 0 Å². The molecule has 0 N–H and O–H groups in total. The van der Waals surface area contributed by atoms with Crippen LogP contribution in [0.15, 0.2) is 60.2 Å². The lowest BCUT2D eigenvalue weighted by atomic mass is 9.89. The molecule has 0 nitrogen and oxygen atoms in total. The monoisotopic (exact) mass is 232 g/mol. The highest BCUT2D eigenvalue weighted by Crippen LogP contribution is 2.49. The maximum Gasteiger partial charge on any atom is 0.0311 e. The van der Waals surface area contributed by atoms with E-state index in [9.17, 15) is 0 Å². The van der Waals surface area contributed by atoms with Gasteiger partial charge in [-0.1, -0.05) is 60.2 Å². The normalized spacial score (nSPS) is 17.4. The first kappa shape index (κ1) is 10.1. The van der Waals surface area contributed by atoms with E-state index in [4.69, 9.17) is 0 Å². The van der Waals surface area contributed by atoms with Crippen molar-refractivity contribution in [1.29, 1.82) is 0 Å². The number of allylic oxidation sites excluding steroid dienone is 2. The molecule has 0 atom stereocenters. The molecule has 0 radical (unpaired) electrons. The summed E-state index contributed by atoms with van der Waals surface area (Å²) in [6, 6.07) is 17.8. The first-order valence-electron chi connectivity index (χ1n) is 6.82. The largest absolute Gasteiger partial charge is 0.0844 e. The second-order valence-corrected chi connectivity index (χ2v) is 5.28. The van der Waals surface area contributed by atoms with Crippen molar-refractivity contribution >= 4 is 0 Å². The van der Waals surface area contributed by atoms with E-state index in [1.54, 1.807) is 5.57 Å². The predicted octanol–water partition coefficient (Wildman–Crippen LogP) is 4.91. The number of hydrogen-bond acceptors (Lipinski definition) is 0. The summed E-state index contributed by atoms with van der Waals surface area (Å²) in [4.78, 5) is 0. The van der Waals surface area contributed by atoms with Gasteiger partial charge >= 0.3 is 0 Å². The number of hydrogen-bond donors (Lipinski definition) is 0. The molecule has 0 saturated carbocycles. The van der Waals surface area contributed by atoms with E-state index >= 15 is 0 Å². The van der Waals surface area contributed by atoms with Crippen LogP contribution in [0.1, 0.15) is 36.3 Å². The van der Waals surface area contributed by atoms with Crippen LogP contribution < -0.4 is 0 Å². The number of benzene rings is 2. The van der Waals surface area contributed by atoms with Gasteiger partial charge in [0.2, 0.25) is 0 Å². The zero-order valence-corrected chi connectivity index (χ0v) is 10.4. The molecular formula is C18H16. The fourth-order valence-electron chi connectivity index (χ4n) is 3.51. The van der Waals surface area contributed by atoms with Gasteiger partial charge < -0.3 is 0 Å². The van der Waals surface area contributed by atoms with Gasteiger partial charge in [0.1, 0.15) is 0 Å². The third-order valence-corrected chi connectivity index (χ3v) is 4.28. The predicted molar refractivity (Wildman–Crippen MR) is 75.7 cm³/mol. The highest BCUT2D eigenvalue weighted by molar-refractivity contribution is 5.80. The maximum atomic E-state index is 2.46. The van der Waals surface area contributed by atoms with Crippen LogP contribution in [-0.4, -0.2) is 0 Å². The van der Waals surface area contributed by atoms with Gasteiger partial charge in [-0.2, -0.15) is 0 Å². The van der Waals surface area contributed by atoms with Gasteiger partial charge in [-0.05, 0) is 41.5 Å². The third-order valence-electron chi connectivity index (χ3n) is 4.28. The number of fused-ring (bicyclic) bond motifs is 3. The molecule has 0 heterocycles. The standard InChI is InChI=1S/C18H16/c1-2-8-13(7-1)18-16-11-5-3-9-14(16)15-10-4-6-12-17(15)18/h3-7,9-12,18H,1-2,8H2. The minimum atomic E-state index is 0.528. The fraction of sp³-hybridized carbons (Fsp3) is 0.222. The second-order valence-electron chi connectivity index (χ2n) is 5.28. The van der Waals surface area contributed by atoms with E-state index in [-0.39, 0.29) is 0 Å². The molecule has 0 heteroatoms. The molecule has 2 aliphatic rings. The van der Waals surface area contributed by atoms with Crippen molar-refractivity contribution in [2.24, 2.45) is 0 Å². The van der Waals surface area contributed by atoms with Crippen molar-refractivity contribution in [3.05, 3.63) is 71.3 Å². The summed E-state index contributed by atoms with van der Waals surface area (Å²) in [6.45, 7) is 0. The van der Waals surface area contributed by atoms with Crippen molar-refractivity contribution in [2.75, 3.05) is 0 Å². The Morgan fingerprint density at radius 2 is 1.39 bits per heavy atom. The molecule has 4 rings (SSSR count). The zero-order chi connectivity index (χ0) is 11.9. The first-order chi connectivity index (χ1) is 8.95. The summed E-state index contributed by atoms with van der Waals surface area (Å²) in [5.74, 6) is 0.528. The average molecular weight is 232 g/mol. The lowest BCUT2D eigenvalue weighted by Gasteiger charge is -2.15.